The molecule has 0 N–H and O–H groups in total. The quantitative estimate of drug-likeness (QED) is 0.621. The predicted octanol–water partition coefficient (Wildman–Crippen LogP) is 3.76. The molecule has 3 amide bonds. The molecule has 140 valence electrons. The summed E-state index contributed by atoms with van der Waals surface area (Å²) in [5.74, 6) is -0.290. The van der Waals surface area contributed by atoms with Gasteiger partial charge in [-0.15, -0.1) is 11.3 Å². The van der Waals surface area contributed by atoms with E-state index in [0.717, 1.165) is 20.5 Å². The smallest absolute Gasteiger partial charge is 0.331 e. The lowest BCUT2D eigenvalue weighted by Gasteiger charge is -2.22. The first-order valence-corrected chi connectivity index (χ1v) is 9.62. The summed E-state index contributed by atoms with van der Waals surface area (Å²) in [5, 5.41) is 12.9. The van der Waals surface area contributed by atoms with Crippen LogP contribution in [0.25, 0.3) is 10.8 Å². The molecule has 1 fully saturated rings. The Bertz CT molecular complexity index is 1090. The van der Waals surface area contributed by atoms with Gasteiger partial charge >= 0.3 is 6.03 Å². The minimum atomic E-state index is -0.714. The van der Waals surface area contributed by atoms with Crippen LogP contribution in [0.4, 0.5) is 10.5 Å². The van der Waals surface area contributed by atoms with E-state index in [1.165, 1.54) is 11.9 Å². The summed E-state index contributed by atoms with van der Waals surface area (Å²) in [6, 6.07) is 15.8. The Morgan fingerprint density at radius 1 is 1.18 bits per heavy atom. The zero-order valence-corrected chi connectivity index (χ0v) is 16.0. The van der Waals surface area contributed by atoms with E-state index in [0.29, 0.717) is 17.9 Å². The highest BCUT2D eigenvalue weighted by molar-refractivity contribution is 7.09. The Hall–Kier alpha value is -3.21. The number of hydrogen-bond acceptors (Lipinski definition) is 5. The monoisotopic (exact) mass is 391 g/mol. The number of nitriles is 1. The minimum Gasteiger partial charge on any atom is -0.373 e. The highest BCUT2D eigenvalue weighted by Gasteiger charge is 2.44. The van der Waals surface area contributed by atoms with E-state index in [4.69, 9.17) is 4.74 Å². The standard InChI is InChI=1S/C21H17N3O3S/c1-23-20(25)19(13-27-12-17-6-3-9-28-17)24(21(23)26)16-7-8-18-14(10-16)4-2-5-15(18)11-22/h2-10,19H,12-13H2,1H3. The number of hydrogen-bond donors (Lipinski definition) is 0. The van der Waals surface area contributed by atoms with Gasteiger partial charge in [0, 0.05) is 17.6 Å². The van der Waals surface area contributed by atoms with Gasteiger partial charge in [0.15, 0.2) is 0 Å². The number of imide groups is 1. The predicted molar refractivity (Wildman–Crippen MR) is 107 cm³/mol. The number of carbonyl (C=O) groups excluding carboxylic acids is 2. The van der Waals surface area contributed by atoms with Crippen LogP contribution in [0, 0.1) is 11.3 Å². The van der Waals surface area contributed by atoms with Crippen molar-refractivity contribution in [1.82, 2.24) is 4.90 Å². The molecule has 0 saturated carbocycles. The van der Waals surface area contributed by atoms with Crippen LogP contribution in [0.3, 0.4) is 0 Å². The van der Waals surface area contributed by atoms with E-state index in [2.05, 4.69) is 6.07 Å². The molecule has 0 aliphatic carbocycles. The summed E-state index contributed by atoms with van der Waals surface area (Å²) < 4.78 is 5.73. The van der Waals surface area contributed by atoms with Crippen LogP contribution in [-0.4, -0.2) is 36.5 Å². The van der Waals surface area contributed by atoms with Gasteiger partial charge in [0.1, 0.15) is 6.04 Å². The number of ether oxygens (including phenoxy) is 1. The summed E-state index contributed by atoms with van der Waals surface area (Å²) >= 11 is 1.58. The first-order valence-electron chi connectivity index (χ1n) is 8.74. The van der Waals surface area contributed by atoms with Gasteiger partial charge in [0.25, 0.3) is 5.91 Å². The number of thiophene rings is 1. The molecule has 1 aliphatic heterocycles. The van der Waals surface area contributed by atoms with Gasteiger partial charge in [-0.2, -0.15) is 5.26 Å². The fraction of sp³-hybridized carbons (Fsp3) is 0.190. The number of nitrogens with zero attached hydrogens (tertiary/aromatic N) is 3. The van der Waals surface area contributed by atoms with Crippen LogP contribution in [0.2, 0.25) is 0 Å². The van der Waals surface area contributed by atoms with Crippen molar-refractivity contribution >= 4 is 39.7 Å². The normalized spacial score (nSPS) is 16.8. The van der Waals surface area contributed by atoms with Gasteiger partial charge in [0.05, 0.1) is 24.8 Å². The molecule has 4 rings (SSSR count). The Morgan fingerprint density at radius 3 is 2.79 bits per heavy atom. The van der Waals surface area contributed by atoms with Gasteiger partial charge in [-0.25, -0.2) is 4.79 Å². The molecule has 0 radical (unpaired) electrons. The summed E-state index contributed by atoms with van der Waals surface area (Å²) in [6.07, 6.45) is 0. The average molecular weight is 391 g/mol. The second kappa shape index (κ2) is 7.43. The molecular formula is C21H17N3O3S. The molecule has 2 aromatic carbocycles. The molecule has 0 bridgehead atoms. The molecule has 6 nitrogen and oxygen atoms in total. The van der Waals surface area contributed by atoms with Crippen molar-refractivity contribution in [2.45, 2.75) is 12.6 Å². The van der Waals surface area contributed by atoms with E-state index in [-0.39, 0.29) is 18.5 Å². The van der Waals surface area contributed by atoms with E-state index < -0.39 is 6.04 Å². The zero-order valence-electron chi connectivity index (χ0n) is 15.2. The number of likely N-dealkylation sites (N-methyl/N-ethyl adjacent to an activating group) is 1. The lowest BCUT2D eigenvalue weighted by Crippen LogP contribution is -2.38. The second-order valence-electron chi connectivity index (χ2n) is 6.48. The van der Waals surface area contributed by atoms with Crippen molar-refractivity contribution in [3.63, 3.8) is 0 Å². The Balaban J connectivity index is 1.63. The second-order valence-corrected chi connectivity index (χ2v) is 7.52. The maximum atomic E-state index is 12.7. The molecule has 3 aromatic rings. The number of urea groups is 1. The third-order valence-electron chi connectivity index (χ3n) is 4.78. The zero-order chi connectivity index (χ0) is 19.7. The minimum absolute atomic E-state index is 0.114. The van der Waals surface area contributed by atoms with Crippen LogP contribution >= 0.6 is 11.3 Å². The van der Waals surface area contributed by atoms with E-state index in [1.807, 2.05) is 35.7 Å². The maximum absolute atomic E-state index is 12.7. The van der Waals surface area contributed by atoms with Gasteiger partial charge in [0.2, 0.25) is 0 Å². The lowest BCUT2D eigenvalue weighted by molar-refractivity contribution is -0.127. The molecule has 1 unspecified atom stereocenters. The first kappa shape index (κ1) is 18.2. The number of carbonyl (C=O) groups is 2. The molecule has 28 heavy (non-hydrogen) atoms. The van der Waals surface area contributed by atoms with Crippen LogP contribution in [-0.2, 0) is 16.1 Å². The van der Waals surface area contributed by atoms with Crippen molar-refractivity contribution in [1.29, 1.82) is 5.26 Å². The lowest BCUT2D eigenvalue weighted by atomic mass is 10.0. The number of fused-ring (bicyclic) bond motifs is 1. The summed E-state index contributed by atoms with van der Waals surface area (Å²) in [5.41, 5.74) is 1.18. The van der Waals surface area contributed by atoms with Crippen molar-refractivity contribution in [3.05, 3.63) is 64.4 Å². The van der Waals surface area contributed by atoms with Crippen LogP contribution in [0.15, 0.2) is 53.9 Å². The van der Waals surface area contributed by atoms with Crippen LogP contribution in [0.1, 0.15) is 10.4 Å². The summed E-state index contributed by atoms with van der Waals surface area (Å²) in [6.45, 7) is 0.513. The fourth-order valence-corrected chi connectivity index (χ4v) is 3.98. The topological polar surface area (TPSA) is 73.6 Å². The third-order valence-corrected chi connectivity index (χ3v) is 5.63. The molecule has 2 heterocycles. The molecule has 1 aliphatic rings. The third kappa shape index (κ3) is 3.13. The molecule has 7 heteroatoms. The Labute approximate surface area is 166 Å². The largest absolute Gasteiger partial charge is 0.373 e. The fourth-order valence-electron chi connectivity index (χ4n) is 3.34. The maximum Gasteiger partial charge on any atom is 0.331 e. The molecular weight excluding hydrogens is 374 g/mol. The molecule has 0 spiro atoms. The van der Waals surface area contributed by atoms with Crippen molar-refractivity contribution in [3.8, 4) is 6.07 Å². The van der Waals surface area contributed by atoms with Gasteiger partial charge in [-0.05, 0) is 40.4 Å². The van der Waals surface area contributed by atoms with Gasteiger partial charge in [-0.3, -0.25) is 14.6 Å². The number of anilines is 1. The highest BCUT2D eigenvalue weighted by Crippen LogP contribution is 2.30. The van der Waals surface area contributed by atoms with E-state index in [1.54, 1.807) is 29.5 Å². The van der Waals surface area contributed by atoms with E-state index >= 15 is 0 Å². The highest BCUT2D eigenvalue weighted by atomic mass is 32.1. The molecule has 1 saturated heterocycles. The van der Waals surface area contributed by atoms with Crippen LogP contribution in [0.5, 0.6) is 0 Å². The van der Waals surface area contributed by atoms with Crippen molar-refractivity contribution in [2.24, 2.45) is 0 Å². The first-order chi connectivity index (χ1) is 13.6. The van der Waals surface area contributed by atoms with Gasteiger partial charge in [-0.1, -0.05) is 24.3 Å². The number of amides is 3. The summed E-state index contributed by atoms with van der Waals surface area (Å²) in [7, 11) is 1.48. The Morgan fingerprint density at radius 2 is 2.04 bits per heavy atom. The summed E-state index contributed by atoms with van der Waals surface area (Å²) in [4.78, 5) is 29.0. The van der Waals surface area contributed by atoms with Crippen molar-refractivity contribution < 1.29 is 14.3 Å². The average Bonchev–Trinajstić information content (AvgIpc) is 3.30. The number of rotatable bonds is 5. The van der Waals surface area contributed by atoms with Crippen molar-refractivity contribution in [2.75, 3.05) is 18.6 Å². The molecule has 1 atom stereocenters. The number of benzene rings is 2. The SMILES string of the molecule is CN1C(=O)C(COCc2cccs2)N(c2ccc3c(C#N)cccc3c2)C1=O. The van der Waals surface area contributed by atoms with E-state index in [9.17, 15) is 14.9 Å². The Kier molecular flexibility index (Phi) is 4.82. The molecule has 1 aromatic heterocycles. The van der Waals surface area contributed by atoms with Gasteiger partial charge < -0.3 is 4.74 Å². The van der Waals surface area contributed by atoms with Crippen LogP contribution < -0.4 is 4.90 Å².